The first-order valence-corrected chi connectivity index (χ1v) is 14.5. The minimum atomic E-state index is -0.00231. The van der Waals surface area contributed by atoms with Crippen LogP contribution in [0.5, 0.6) is 0 Å². The molecule has 0 bridgehead atoms. The first-order chi connectivity index (χ1) is 13.1. The summed E-state index contributed by atoms with van der Waals surface area (Å²) in [6.07, 6.45) is 14.6. The van der Waals surface area contributed by atoms with Crippen LogP contribution in [-0.4, -0.2) is 34.0 Å². The van der Waals surface area contributed by atoms with Crippen LogP contribution >= 0.6 is 15.8 Å². The molecule has 0 saturated heterocycles. The van der Waals surface area contributed by atoms with Crippen LogP contribution in [0.25, 0.3) is 0 Å². The molecule has 0 aromatic carbocycles. The fourth-order valence-electron chi connectivity index (χ4n) is 5.83. The lowest BCUT2D eigenvalue weighted by molar-refractivity contribution is 0.593. The molecule has 2 rings (SSSR count). The second-order valence-electron chi connectivity index (χ2n) is 9.78. The van der Waals surface area contributed by atoms with Crippen LogP contribution in [0.3, 0.4) is 0 Å². The van der Waals surface area contributed by atoms with Gasteiger partial charge in [-0.1, -0.05) is 133 Å². The largest absolute Gasteiger partial charge is 0.0943 e. The van der Waals surface area contributed by atoms with E-state index in [9.17, 15) is 0 Å². The van der Waals surface area contributed by atoms with Crippen molar-refractivity contribution in [1.29, 1.82) is 0 Å². The van der Waals surface area contributed by atoms with Gasteiger partial charge in [-0.3, -0.25) is 0 Å². The summed E-state index contributed by atoms with van der Waals surface area (Å²) in [7, 11) is -0.00461. The second kappa shape index (κ2) is 10.2. The summed E-state index contributed by atoms with van der Waals surface area (Å²) in [5.74, 6) is 1.14. The Balaban J connectivity index is 2.26. The SMILES string of the molecule is CC(C)P(C(C)C)[C@H](C)C1=CC=CC1C1C=CC=C1[C@@H](C)P(C(C)C)C(C)C. The molecule has 0 aromatic heterocycles. The Bertz CT molecular complexity index is 561. The number of hydrogen-bond acceptors (Lipinski definition) is 0. The highest BCUT2D eigenvalue weighted by Crippen LogP contribution is 2.58. The Morgan fingerprint density at radius 2 is 0.821 bits per heavy atom. The lowest BCUT2D eigenvalue weighted by Crippen LogP contribution is -2.26. The van der Waals surface area contributed by atoms with Gasteiger partial charge in [0.2, 0.25) is 0 Å². The van der Waals surface area contributed by atoms with Gasteiger partial charge in [-0.05, 0) is 34.0 Å². The van der Waals surface area contributed by atoms with Gasteiger partial charge in [0.05, 0.1) is 0 Å². The molecule has 0 aromatic rings. The van der Waals surface area contributed by atoms with Crippen LogP contribution < -0.4 is 0 Å². The molecule has 0 radical (unpaired) electrons. The minimum absolute atomic E-state index is 0.00231. The molecular weight excluding hydrogens is 374 g/mol. The molecule has 0 amide bonds. The molecule has 0 heterocycles. The molecule has 0 N–H and O–H groups in total. The van der Waals surface area contributed by atoms with Gasteiger partial charge in [0.1, 0.15) is 0 Å². The molecule has 0 nitrogen and oxygen atoms in total. The maximum atomic E-state index is 2.51. The number of hydrogen-bond donors (Lipinski definition) is 0. The molecule has 4 atom stereocenters. The number of allylic oxidation sites excluding steroid dienone is 8. The van der Waals surface area contributed by atoms with E-state index >= 15 is 0 Å². The van der Waals surface area contributed by atoms with E-state index in [0.29, 0.717) is 23.2 Å². The molecule has 0 saturated carbocycles. The zero-order valence-electron chi connectivity index (χ0n) is 20.0. The number of rotatable bonds is 9. The molecular formula is C26H44P2. The van der Waals surface area contributed by atoms with Crippen molar-refractivity contribution in [3.8, 4) is 0 Å². The van der Waals surface area contributed by atoms with E-state index in [2.05, 4.69) is 106 Å². The maximum absolute atomic E-state index is 2.51. The van der Waals surface area contributed by atoms with Crippen LogP contribution in [-0.2, 0) is 0 Å². The average molecular weight is 419 g/mol. The smallest absolute Gasteiger partial charge is 0.00899 e. The zero-order chi connectivity index (χ0) is 21.2. The van der Waals surface area contributed by atoms with Gasteiger partial charge in [0, 0.05) is 11.8 Å². The first kappa shape index (κ1) is 24.1. The van der Waals surface area contributed by atoms with Crippen molar-refractivity contribution in [2.75, 3.05) is 0 Å². The van der Waals surface area contributed by atoms with Crippen LogP contribution in [0.1, 0.15) is 69.2 Å². The molecule has 2 unspecified atom stereocenters. The summed E-state index contributed by atoms with van der Waals surface area (Å²) >= 11 is 0. The fraction of sp³-hybridized carbons (Fsp3) is 0.692. The highest BCUT2D eigenvalue weighted by Gasteiger charge is 2.37. The molecule has 0 spiro atoms. The van der Waals surface area contributed by atoms with Crippen molar-refractivity contribution < 1.29 is 0 Å². The molecule has 2 aliphatic carbocycles. The molecule has 0 fully saturated rings. The van der Waals surface area contributed by atoms with Crippen LogP contribution in [0.4, 0.5) is 0 Å². The quantitative estimate of drug-likeness (QED) is 0.329. The van der Waals surface area contributed by atoms with Gasteiger partial charge in [-0.15, -0.1) is 0 Å². The van der Waals surface area contributed by atoms with Crippen molar-refractivity contribution in [1.82, 2.24) is 0 Å². The summed E-state index contributed by atoms with van der Waals surface area (Å²) in [5.41, 5.74) is 7.95. The van der Waals surface area contributed by atoms with Crippen molar-refractivity contribution >= 4 is 15.8 Å². The average Bonchev–Trinajstić information content (AvgIpc) is 3.22. The van der Waals surface area contributed by atoms with Crippen molar-refractivity contribution in [3.05, 3.63) is 47.6 Å². The first-order valence-electron chi connectivity index (χ1n) is 11.4. The second-order valence-corrected chi connectivity index (χ2v) is 17.2. The van der Waals surface area contributed by atoms with Crippen LogP contribution in [0.2, 0.25) is 0 Å². The molecule has 2 aliphatic rings. The fourth-order valence-corrected chi connectivity index (χ4v) is 13.0. The molecule has 2 heteroatoms. The Hall–Kier alpha value is -0.180. The van der Waals surface area contributed by atoms with Gasteiger partial charge >= 0.3 is 0 Å². The maximum Gasteiger partial charge on any atom is 0.00899 e. The normalized spacial score (nSPS) is 24.4. The van der Waals surface area contributed by atoms with E-state index in [-0.39, 0.29) is 15.8 Å². The zero-order valence-corrected chi connectivity index (χ0v) is 21.8. The van der Waals surface area contributed by atoms with E-state index in [1.54, 1.807) is 11.1 Å². The van der Waals surface area contributed by atoms with Gasteiger partial charge in [0.25, 0.3) is 0 Å². The Labute approximate surface area is 178 Å². The monoisotopic (exact) mass is 418 g/mol. The van der Waals surface area contributed by atoms with Gasteiger partial charge < -0.3 is 0 Å². The van der Waals surface area contributed by atoms with Crippen LogP contribution in [0, 0.1) is 11.8 Å². The summed E-state index contributed by atoms with van der Waals surface area (Å²) in [4.78, 5) is 0. The summed E-state index contributed by atoms with van der Waals surface area (Å²) in [5, 5.41) is 0. The molecule has 158 valence electrons. The lowest BCUT2D eigenvalue weighted by Gasteiger charge is -2.39. The topological polar surface area (TPSA) is 0 Å². The van der Waals surface area contributed by atoms with Crippen molar-refractivity contribution in [3.63, 3.8) is 0 Å². The molecule has 28 heavy (non-hydrogen) atoms. The highest BCUT2D eigenvalue weighted by molar-refractivity contribution is 7.60. The lowest BCUT2D eigenvalue weighted by atomic mass is 9.82. The van der Waals surface area contributed by atoms with E-state index in [4.69, 9.17) is 0 Å². The standard InChI is InChI=1S/C26H44P2/c1-17(2)27(18(3)4)21(9)23-13-11-15-25(23)26-16-12-14-24(26)22(10)28(19(5)6)20(7)8/h11-22,25-26H,1-10H3/t21-,22-,25?,26?/m1/s1. The third kappa shape index (κ3) is 5.10. The van der Waals surface area contributed by atoms with E-state index < -0.39 is 0 Å². The van der Waals surface area contributed by atoms with Gasteiger partial charge in [0.15, 0.2) is 0 Å². The third-order valence-corrected chi connectivity index (χ3v) is 13.8. The predicted molar refractivity (Wildman–Crippen MR) is 135 cm³/mol. The minimum Gasteiger partial charge on any atom is -0.0943 e. The Morgan fingerprint density at radius 3 is 1.07 bits per heavy atom. The van der Waals surface area contributed by atoms with E-state index in [1.807, 2.05) is 0 Å². The van der Waals surface area contributed by atoms with E-state index in [1.165, 1.54) is 0 Å². The Morgan fingerprint density at radius 1 is 0.536 bits per heavy atom. The summed E-state index contributed by atoms with van der Waals surface area (Å²) < 4.78 is 0. The summed E-state index contributed by atoms with van der Waals surface area (Å²) in [6, 6.07) is 0. The Kier molecular flexibility index (Phi) is 8.80. The van der Waals surface area contributed by atoms with Crippen molar-refractivity contribution in [2.24, 2.45) is 11.8 Å². The van der Waals surface area contributed by atoms with Crippen molar-refractivity contribution in [2.45, 2.75) is 103 Å². The molecule has 0 aliphatic heterocycles. The van der Waals surface area contributed by atoms with Crippen LogP contribution in [0.15, 0.2) is 47.6 Å². The van der Waals surface area contributed by atoms with Gasteiger partial charge in [-0.25, -0.2) is 0 Å². The third-order valence-electron chi connectivity index (χ3n) is 6.62. The summed E-state index contributed by atoms with van der Waals surface area (Å²) in [6.45, 7) is 24.5. The van der Waals surface area contributed by atoms with E-state index in [0.717, 1.165) is 22.6 Å². The highest BCUT2D eigenvalue weighted by atomic mass is 31.1. The predicted octanol–water partition coefficient (Wildman–Crippen LogP) is 8.59. The van der Waals surface area contributed by atoms with Gasteiger partial charge in [-0.2, -0.15) is 0 Å².